The number of hydrazine groups is 1. The van der Waals surface area contributed by atoms with Gasteiger partial charge in [0.25, 0.3) is 0 Å². The average molecular weight is 213 g/mol. The fourth-order valence-corrected chi connectivity index (χ4v) is 2.21. The first kappa shape index (κ1) is 9.75. The molecule has 1 aromatic heterocycles. The maximum absolute atomic E-state index is 5.62. The van der Waals surface area contributed by atoms with Crippen molar-refractivity contribution in [1.29, 1.82) is 0 Å². The molecule has 1 heterocycles. The van der Waals surface area contributed by atoms with Gasteiger partial charge in [-0.25, -0.2) is 0 Å². The van der Waals surface area contributed by atoms with Gasteiger partial charge >= 0.3 is 0 Å². The van der Waals surface area contributed by atoms with Crippen LogP contribution < -0.4 is 11.3 Å². The van der Waals surface area contributed by atoms with E-state index in [0.29, 0.717) is 5.92 Å². The van der Waals surface area contributed by atoms with Gasteiger partial charge in [0.15, 0.2) is 0 Å². The summed E-state index contributed by atoms with van der Waals surface area (Å²) in [5.41, 5.74) is 5.21. The van der Waals surface area contributed by atoms with Crippen LogP contribution in [0, 0.1) is 5.92 Å². The predicted molar refractivity (Wildman–Crippen MR) is 64.5 cm³/mol. The molecule has 1 unspecified atom stereocenters. The molecule has 1 atom stereocenters. The lowest BCUT2D eigenvalue weighted by molar-refractivity contribution is 0.497. The summed E-state index contributed by atoms with van der Waals surface area (Å²) in [5.74, 6) is 6.32. The fourth-order valence-electron chi connectivity index (χ4n) is 2.21. The average Bonchev–Trinajstić information content (AvgIpc) is 3.14. The van der Waals surface area contributed by atoms with Crippen LogP contribution in [0.3, 0.4) is 0 Å². The molecule has 3 nitrogen and oxygen atoms in total. The zero-order valence-electron chi connectivity index (χ0n) is 9.06. The summed E-state index contributed by atoms with van der Waals surface area (Å²) in [6, 6.07) is 10.7. The Kier molecular flexibility index (Phi) is 2.35. The van der Waals surface area contributed by atoms with Crippen LogP contribution >= 0.6 is 0 Å². The highest BCUT2D eigenvalue weighted by molar-refractivity contribution is 5.79. The highest BCUT2D eigenvalue weighted by Gasteiger charge is 2.31. The third kappa shape index (κ3) is 1.68. The molecule has 3 rings (SSSR count). The third-order valence-corrected chi connectivity index (χ3v) is 3.26. The van der Waals surface area contributed by atoms with Crippen LogP contribution in [0.15, 0.2) is 36.5 Å². The Balaban J connectivity index is 2.03. The summed E-state index contributed by atoms with van der Waals surface area (Å²) >= 11 is 0. The number of nitrogens with one attached hydrogen (secondary N) is 1. The van der Waals surface area contributed by atoms with Crippen LogP contribution in [0.1, 0.15) is 24.4 Å². The summed E-state index contributed by atoms with van der Waals surface area (Å²) in [4.78, 5) is 4.37. The van der Waals surface area contributed by atoms with E-state index in [2.05, 4.69) is 34.7 Å². The largest absolute Gasteiger partial charge is 0.271 e. The van der Waals surface area contributed by atoms with Gasteiger partial charge in [0.05, 0.1) is 5.52 Å². The van der Waals surface area contributed by atoms with E-state index >= 15 is 0 Å². The molecule has 1 fully saturated rings. The molecule has 0 amide bonds. The number of aromatic nitrogens is 1. The van der Waals surface area contributed by atoms with E-state index in [1.165, 1.54) is 23.8 Å². The number of rotatable bonds is 3. The predicted octanol–water partition coefficient (Wildman–Crippen LogP) is 2.15. The number of hydrogen-bond acceptors (Lipinski definition) is 3. The molecule has 1 aliphatic rings. The summed E-state index contributed by atoms with van der Waals surface area (Å²) in [6.07, 6.45) is 4.37. The Bertz CT molecular complexity index is 505. The summed E-state index contributed by atoms with van der Waals surface area (Å²) < 4.78 is 0. The Morgan fingerprint density at radius 2 is 2.19 bits per heavy atom. The zero-order valence-corrected chi connectivity index (χ0v) is 9.06. The minimum absolute atomic E-state index is 0.284. The van der Waals surface area contributed by atoms with Crippen molar-refractivity contribution in [3.63, 3.8) is 0 Å². The van der Waals surface area contributed by atoms with Crippen molar-refractivity contribution in [2.75, 3.05) is 0 Å². The normalized spacial score (nSPS) is 17.6. The van der Waals surface area contributed by atoms with Crippen LogP contribution in [0.5, 0.6) is 0 Å². The zero-order chi connectivity index (χ0) is 11.0. The van der Waals surface area contributed by atoms with Crippen LogP contribution in [0.2, 0.25) is 0 Å². The number of hydrogen-bond donors (Lipinski definition) is 2. The fraction of sp³-hybridized carbons (Fsp3) is 0.308. The maximum atomic E-state index is 5.62. The number of nitrogens with zero attached hydrogens (tertiary/aromatic N) is 1. The third-order valence-electron chi connectivity index (χ3n) is 3.26. The molecule has 3 N–H and O–H groups in total. The Morgan fingerprint density at radius 3 is 2.94 bits per heavy atom. The second-order valence-electron chi connectivity index (χ2n) is 4.44. The van der Waals surface area contributed by atoms with E-state index in [0.717, 1.165) is 5.52 Å². The minimum Gasteiger partial charge on any atom is -0.271 e. The molecule has 0 saturated heterocycles. The van der Waals surface area contributed by atoms with E-state index in [9.17, 15) is 0 Å². The first-order chi connectivity index (χ1) is 7.88. The first-order valence-electron chi connectivity index (χ1n) is 5.69. The minimum atomic E-state index is 0.284. The molecule has 82 valence electrons. The van der Waals surface area contributed by atoms with Gasteiger partial charge in [0.2, 0.25) is 0 Å². The van der Waals surface area contributed by atoms with Gasteiger partial charge in [-0.2, -0.15) is 0 Å². The standard InChI is InChI=1S/C13H15N3/c14-16-13(10-4-5-10)11-6-3-9-2-1-7-15-12(9)8-11/h1-3,6-8,10,13,16H,4-5,14H2. The van der Waals surface area contributed by atoms with Crippen molar-refractivity contribution in [1.82, 2.24) is 10.4 Å². The van der Waals surface area contributed by atoms with E-state index in [1.54, 1.807) is 0 Å². The topological polar surface area (TPSA) is 50.9 Å². The van der Waals surface area contributed by atoms with Crippen LogP contribution in [0.4, 0.5) is 0 Å². The molecule has 0 radical (unpaired) electrons. The monoisotopic (exact) mass is 213 g/mol. The van der Waals surface area contributed by atoms with Crippen molar-refractivity contribution in [3.8, 4) is 0 Å². The molecule has 16 heavy (non-hydrogen) atoms. The molecule has 1 aromatic carbocycles. The van der Waals surface area contributed by atoms with E-state index < -0.39 is 0 Å². The van der Waals surface area contributed by atoms with Crippen LogP contribution in [-0.4, -0.2) is 4.98 Å². The Labute approximate surface area is 94.6 Å². The van der Waals surface area contributed by atoms with Gasteiger partial charge in [0.1, 0.15) is 0 Å². The van der Waals surface area contributed by atoms with Gasteiger partial charge in [-0.1, -0.05) is 18.2 Å². The van der Waals surface area contributed by atoms with Crippen molar-refractivity contribution >= 4 is 10.9 Å². The van der Waals surface area contributed by atoms with Crippen molar-refractivity contribution in [3.05, 3.63) is 42.1 Å². The van der Waals surface area contributed by atoms with E-state index in [4.69, 9.17) is 5.84 Å². The molecule has 1 saturated carbocycles. The molecular weight excluding hydrogens is 198 g/mol. The van der Waals surface area contributed by atoms with Gasteiger partial charge in [-0.3, -0.25) is 16.3 Å². The highest BCUT2D eigenvalue weighted by atomic mass is 15.2. The molecule has 2 aromatic rings. The summed E-state index contributed by atoms with van der Waals surface area (Å²) in [7, 11) is 0. The lowest BCUT2D eigenvalue weighted by Crippen LogP contribution is -2.29. The number of benzene rings is 1. The Morgan fingerprint density at radius 1 is 1.31 bits per heavy atom. The van der Waals surface area contributed by atoms with Gasteiger partial charge in [-0.15, -0.1) is 0 Å². The molecule has 0 spiro atoms. The molecule has 0 bridgehead atoms. The van der Waals surface area contributed by atoms with Gasteiger partial charge < -0.3 is 0 Å². The smallest absolute Gasteiger partial charge is 0.0705 e. The second kappa shape index (κ2) is 3.85. The second-order valence-corrected chi connectivity index (χ2v) is 4.44. The molecule has 0 aliphatic heterocycles. The van der Waals surface area contributed by atoms with Crippen LogP contribution in [0.25, 0.3) is 10.9 Å². The van der Waals surface area contributed by atoms with Crippen molar-refractivity contribution in [2.45, 2.75) is 18.9 Å². The number of nitrogens with two attached hydrogens (primary N) is 1. The quantitative estimate of drug-likeness (QED) is 0.606. The van der Waals surface area contributed by atoms with Crippen LogP contribution in [-0.2, 0) is 0 Å². The van der Waals surface area contributed by atoms with Crippen molar-refractivity contribution in [2.24, 2.45) is 11.8 Å². The van der Waals surface area contributed by atoms with Gasteiger partial charge in [-0.05, 0) is 36.5 Å². The summed E-state index contributed by atoms with van der Waals surface area (Å²) in [6.45, 7) is 0. The number of pyridine rings is 1. The lowest BCUT2D eigenvalue weighted by Gasteiger charge is -2.15. The highest BCUT2D eigenvalue weighted by Crippen LogP contribution is 2.40. The van der Waals surface area contributed by atoms with Gasteiger partial charge in [0, 0.05) is 17.6 Å². The van der Waals surface area contributed by atoms with E-state index in [1.807, 2.05) is 12.3 Å². The Hall–Kier alpha value is -1.45. The van der Waals surface area contributed by atoms with E-state index in [-0.39, 0.29) is 6.04 Å². The van der Waals surface area contributed by atoms with Crippen molar-refractivity contribution < 1.29 is 0 Å². The SMILES string of the molecule is NNC(c1ccc2cccnc2c1)C1CC1. The lowest BCUT2D eigenvalue weighted by atomic mass is 10.0. The summed E-state index contributed by atoms with van der Waals surface area (Å²) in [5, 5.41) is 1.18. The maximum Gasteiger partial charge on any atom is 0.0705 e. The number of fused-ring (bicyclic) bond motifs is 1. The first-order valence-corrected chi connectivity index (χ1v) is 5.69. The molecule has 3 heteroatoms. The molecule has 1 aliphatic carbocycles. The molecular formula is C13H15N3.